The van der Waals surface area contributed by atoms with Gasteiger partial charge in [0.05, 0.1) is 6.61 Å². The Morgan fingerprint density at radius 3 is 2.50 bits per heavy atom. The van der Waals surface area contributed by atoms with E-state index in [9.17, 15) is 9.59 Å². The number of allylic oxidation sites excluding steroid dienone is 1. The van der Waals surface area contributed by atoms with Gasteiger partial charge in [-0.15, -0.1) is 6.58 Å². The van der Waals surface area contributed by atoms with Crippen LogP contribution >= 0.6 is 0 Å². The minimum absolute atomic E-state index is 0.00159. The van der Waals surface area contributed by atoms with Crippen LogP contribution in [0.4, 0.5) is 0 Å². The summed E-state index contributed by atoms with van der Waals surface area (Å²) < 4.78 is 4.82. The fourth-order valence-electron chi connectivity index (χ4n) is 1.27. The van der Waals surface area contributed by atoms with E-state index in [0.29, 0.717) is 19.4 Å². The van der Waals surface area contributed by atoms with E-state index in [1.165, 1.54) is 4.90 Å². The maximum absolute atomic E-state index is 11.8. The van der Waals surface area contributed by atoms with Crippen LogP contribution in [-0.4, -0.2) is 36.0 Å². The summed E-state index contributed by atoms with van der Waals surface area (Å²) in [6, 6.07) is 0.00159. The van der Waals surface area contributed by atoms with Crippen molar-refractivity contribution in [2.75, 3.05) is 13.2 Å². The molecule has 4 heteroatoms. The quantitative estimate of drug-likeness (QED) is 0.492. The Hall–Kier alpha value is -1.32. The van der Waals surface area contributed by atoms with Crippen LogP contribution < -0.4 is 0 Å². The Bertz CT molecular complexity index is 249. The lowest BCUT2D eigenvalue weighted by molar-refractivity contribution is -0.150. The van der Waals surface area contributed by atoms with E-state index < -0.39 is 0 Å². The minimum Gasteiger partial charge on any atom is -0.465 e. The molecule has 4 nitrogen and oxygen atoms in total. The molecule has 0 spiro atoms. The number of ether oxygens (including phenoxy) is 1. The van der Waals surface area contributed by atoms with Crippen molar-refractivity contribution in [3.63, 3.8) is 0 Å². The summed E-state index contributed by atoms with van der Waals surface area (Å²) in [6.45, 7) is 9.44. The molecule has 0 radical (unpaired) electrons. The molecule has 16 heavy (non-hydrogen) atoms. The van der Waals surface area contributed by atoms with Crippen molar-refractivity contribution in [3.05, 3.63) is 12.7 Å². The number of carbonyl (C=O) groups excluding carboxylic acids is 2. The van der Waals surface area contributed by atoms with Gasteiger partial charge in [-0.1, -0.05) is 6.08 Å². The SMILES string of the molecule is C=CCCC(=O)N(CC(=O)OCC)C(C)C. The van der Waals surface area contributed by atoms with Gasteiger partial charge in [-0.05, 0) is 27.2 Å². The zero-order valence-electron chi connectivity index (χ0n) is 10.4. The largest absolute Gasteiger partial charge is 0.465 e. The number of nitrogens with zero attached hydrogens (tertiary/aromatic N) is 1. The zero-order valence-corrected chi connectivity index (χ0v) is 10.4. The number of hydrogen-bond donors (Lipinski definition) is 0. The summed E-state index contributed by atoms with van der Waals surface area (Å²) in [5.41, 5.74) is 0. The van der Waals surface area contributed by atoms with Crippen LogP contribution in [0, 0.1) is 0 Å². The van der Waals surface area contributed by atoms with Gasteiger partial charge < -0.3 is 9.64 Å². The van der Waals surface area contributed by atoms with Gasteiger partial charge in [0.1, 0.15) is 6.54 Å². The number of rotatable bonds is 7. The lowest BCUT2D eigenvalue weighted by atomic mass is 10.2. The van der Waals surface area contributed by atoms with E-state index in [-0.39, 0.29) is 24.5 Å². The third-order valence-electron chi connectivity index (χ3n) is 2.11. The molecule has 0 aromatic heterocycles. The van der Waals surface area contributed by atoms with Gasteiger partial charge in [-0.3, -0.25) is 9.59 Å². The van der Waals surface area contributed by atoms with Crippen LogP contribution in [0.2, 0.25) is 0 Å². The second-order valence-corrected chi connectivity index (χ2v) is 3.75. The fraction of sp³-hybridized carbons (Fsp3) is 0.667. The van der Waals surface area contributed by atoms with Crippen LogP contribution in [0.5, 0.6) is 0 Å². The Morgan fingerprint density at radius 2 is 2.06 bits per heavy atom. The van der Waals surface area contributed by atoms with Crippen molar-refractivity contribution >= 4 is 11.9 Å². The van der Waals surface area contributed by atoms with Gasteiger partial charge in [0, 0.05) is 12.5 Å². The Labute approximate surface area is 97.3 Å². The average Bonchev–Trinajstić information content (AvgIpc) is 2.22. The van der Waals surface area contributed by atoms with Crippen molar-refractivity contribution in [2.45, 2.75) is 39.7 Å². The van der Waals surface area contributed by atoms with Crippen molar-refractivity contribution in [1.29, 1.82) is 0 Å². The van der Waals surface area contributed by atoms with E-state index in [4.69, 9.17) is 4.74 Å². The number of esters is 1. The topological polar surface area (TPSA) is 46.6 Å². The molecule has 1 amide bonds. The molecule has 0 aliphatic rings. The first-order chi connectivity index (χ1) is 7.52. The number of hydrogen-bond acceptors (Lipinski definition) is 3. The first kappa shape index (κ1) is 14.7. The molecule has 0 N–H and O–H groups in total. The molecule has 0 atom stereocenters. The number of amides is 1. The van der Waals surface area contributed by atoms with E-state index >= 15 is 0 Å². The van der Waals surface area contributed by atoms with Gasteiger partial charge in [-0.25, -0.2) is 0 Å². The van der Waals surface area contributed by atoms with Gasteiger partial charge >= 0.3 is 5.97 Å². The van der Waals surface area contributed by atoms with Gasteiger partial charge in [0.15, 0.2) is 0 Å². The second kappa shape index (κ2) is 7.91. The normalized spacial score (nSPS) is 10.0. The van der Waals surface area contributed by atoms with Gasteiger partial charge in [0.25, 0.3) is 0 Å². The highest BCUT2D eigenvalue weighted by Crippen LogP contribution is 2.04. The molecule has 0 aliphatic heterocycles. The average molecular weight is 227 g/mol. The minimum atomic E-state index is -0.358. The highest BCUT2D eigenvalue weighted by atomic mass is 16.5. The van der Waals surface area contributed by atoms with Gasteiger partial charge in [-0.2, -0.15) is 0 Å². The molecular formula is C12H21NO3. The van der Waals surface area contributed by atoms with E-state index in [1.54, 1.807) is 13.0 Å². The molecule has 92 valence electrons. The highest BCUT2D eigenvalue weighted by Gasteiger charge is 2.19. The first-order valence-corrected chi connectivity index (χ1v) is 5.58. The lowest BCUT2D eigenvalue weighted by Gasteiger charge is -2.25. The third kappa shape index (κ3) is 5.53. The van der Waals surface area contributed by atoms with Crippen LogP contribution in [0.3, 0.4) is 0 Å². The molecular weight excluding hydrogens is 206 g/mol. The summed E-state index contributed by atoms with van der Waals surface area (Å²) in [6.07, 6.45) is 2.72. The fourth-order valence-corrected chi connectivity index (χ4v) is 1.27. The maximum atomic E-state index is 11.8. The number of carbonyl (C=O) groups is 2. The Kier molecular flexibility index (Phi) is 7.25. The molecule has 0 aromatic carbocycles. The summed E-state index contributed by atoms with van der Waals surface area (Å²) in [4.78, 5) is 24.6. The summed E-state index contributed by atoms with van der Waals surface area (Å²) >= 11 is 0. The molecule has 0 aromatic rings. The van der Waals surface area contributed by atoms with E-state index in [2.05, 4.69) is 6.58 Å². The third-order valence-corrected chi connectivity index (χ3v) is 2.11. The van der Waals surface area contributed by atoms with Gasteiger partial charge in [0.2, 0.25) is 5.91 Å². The highest BCUT2D eigenvalue weighted by molar-refractivity contribution is 5.82. The van der Waals surface area contributed by atoms with Crippen molar-refractivity contribution in [2.24, 2.45) is 0 Å². The summed E-state index contributed by atoms with van der Waals surface area (Å²) in [5, 5.41) is 0. The van der Waals surface area contributed by atoms with Crippen LogP contribution in [0.25, 0.3) is 0 Å². The summed E-state index contributed by atoms with van der Waals surface area (Å²) in [7, 11) is 0. The maximum Gasteiger partial charge on any atom is 0.325 e. The standard InChI is InChI=1S/C12H21NO3/c1-5-7-8-11(14)13(10(3)4)9-12(15)16-6-2/h5,10H,1,6-9H2,2-4H3. The summed E-state index contributed by atoms with van der Waals surface area (Å²) in [5.74, 6) is -0.397. The predicted octanol–water partition coefficient (Wildman–Crippen LogP) is 1.75. The van der Waals surface area contributed by atoms with Crippen molar-refractivity contribution in [3.8, 4) is 0 Å². The Balaban J connectivity index is 4.31. The van der Waals surface area contributed by atoms with Crippen LogP contribution in [0.1, 0.15) is 33.6 Å². The Morgan fingerprint density at radius 1 is 1.44 bits per heavy atom. The smallest absolute Gasteiger partial charge is 0.325 e. The second-order valence-electron chi connectivity index (χ2n) is 3.75. The molecule has 0 unspecified atom stereocenters. The predicted molar refractivity (Wildman–Crippen MR) is 62.9 cm³/mol. The molecule has 0 saturated carbocycles. The molecule has 0 aliphatic carbocycles. The molecule has 0 rings (SSSR count). The molecule has 0 saturated heterocycles. The van der Waals surface area contributed by atoms with E-state index in [0.717, 1.165) is 0 Å². The molecule has 0 fully saturated rings. The monoisotopic (exact) mass is 227 g/mol. The van der Waals surface area contributed by atoms with Crippen molar-refractivity contribution < 1.29 is 14.3 Å². The zero-order chi connectivity index (χ0) is 12.6. The first-order valence-electron chi connectivity index (χ1n) is 5.58. The lowest BCUT2D eigenvalue weighted by Crippen LogP contribution is -2.41. The van der Waals surface area contributed by atoms with Crippen molar-refractivity contribution in [1.82, 2.24) is 4.90 Å². The molecule has 0 bridgehead atoms. The van der Waals surface area contributed by atoms with E-state index in [1.807, 2.05) is 13.8 Å². The van der Waals surface area contributed by atoms with Crippen LogP contribution in [-0.2, 0) is 14.3 Å². The van der Waals surface area contributed by atoms with Crippen LogP contribution in [0.15, 0.2) is 12.7 Å². The molecule has 0 heterocycles.